The van der Waals surface area contributed by atoms with Crippen LogP contribution >= 0.6 is 0 Å². The van der Waals surface area contributed by atoms with Crippen molar-refractivity contribution in [2.75, 3.05) is 19.7 Å². The molecule has 0 bridgehead atoms. The van der Waals surface area contributed by atoms with E-state index in [2.05, 4.69) is 5.32 Å². The third-order valence-electron chi connectivity index (χ3n) is 3.26. The van der Waals surface area contributed by atoms with Crippen LogP contribution in [0.4, 0.5) is 4.39 Å². The summed E-state index contributed by atoms with van der Waals surface area (Å²) >= 11 is 0. The number of aliphatic hydroxyl groups is 1. The molecule has 2 atom stereocenters. The molecule has 4 heteroatoms. The van der Waals surface area contributed by atoms with Gasteiger partial charge in [0.15, 0.2) is 0 Å². The standard InChI is InChI=1S/C14H20FNO2/c15-12-5-3-11(4-6-12)14(17)10-16-8-7-13-2-1-9-18-13/h3-6,13-14,16-17H,1-2,7-10H2. The normalized spacial score (nSPS) is 21.1. The van der Waals surface area contributed by atoms with Gasteiger partial charge in [0.25, 0.3) is 0 Å². The Bertz CT molecular complexity index is 349. The second kappa shape index (κ2) is 6.83. The van der Waals surface area contributed by atoms with Crippen LogP contribution in [-0.2, 0) is 4.74 Å². The van der Waals surface area contributed by atoms with E-state index >= 15 is 0 Å². The van der Waals surface area contributed by atoms with E-state index in [1.165, 1.54) is 12.1 Å². The SMILES string of the molecule is OC(CNCCC1CCCO1)c1ccc(F)cc1. The molecule has 1 saturated heterocycles. The molecule has 1 heterocycles. The Morgan fingerprint density at radius 2 is 2.17 bits per heavy atom. The Morgan fingerprint density at radius 3 is 2.83 bits per heavy atom. The van der Waals surface area contributed by atoms with E-state index < -0.39 is 6.10 Å². The van der Waals surface area contributed by atoms with Gasteiger partial charge in [-0.3, -0.25) is 0 Å². The van der Waals surface area contributed by atoms with E-state index in [0.717, 1.165) is 38.0 Å². The second-order valence-corrected chi connectivity index (χ2v) is 4.70. The number of ether oxygens (including phenoxy) is 1. The summed E-state index contributed by atoms with van der Waals surface area (Å²) in [4.78, 5) is 0. The molecule has 2 unspecified atom stereocenters. The molecule has 3 nitrogen and oxygen atoms in total. The first-order chi connectivity index (χ1) is 8.75. The second-order valence-electron chi connectivity index (χ2n) is 4.70. The summed E-state index contributed by atoms with van der Waals surface area (Å²) in [5.74, 6) is -0.280. The molecule has 1 aliphatic heterocycles. The predicted molar refractivity (Wildman–Crippen MR) is 67.8 cm³/mol. The summed E-state index contributed by atoms with van der Waals surface area (Å²) in [6.07, 6.45) is 3.07. The number of benzene rings is 1. The molecule has 0 amide bonds. The molecule has 2 N–H and O–H groups in total. The zero-order valence-corrected chi connectivity index (χ0v) is 10.4. The Hall–Kier alpha value is -0.970. The van der Waals surface area contributed by atoms with Gasteiger partial charge in [0, 0.05) is 13.2 Å². The van der Waals surface area contributed by atoms with E-state index in [4.69, 9.17) is 4.74 Å². The fraction of sp³-hybridized carbons (Fsp3) is 0.571. The number of aliphatic hydroxyl groups excluding tert-OH is 1. The van der Waals surface area contributed by atoms with Crippen LogP contribution in [0.5, 0.6) is 0 Å². The van der Waals surface area contributed by atoms with Gasteiger partial charge in [-0.2, -0.15) is 0 Å². The summed E-state index contributed by atoms with van der Waals surface area (Å²) < 4.78 is 18.2. The van der Waals surface area contributed by atoms with E-state index in [1.807, 2.05) is 0 Å². The van der Waals surface area contributed by atoms with Crippen molar-refractivity contribution in [3.05, 3.63) is 35.6 Å². The molecule has 0 saturated carbocycles. The highest BCUT2D eigenvalue weighted by molar-refractivity contribution is 5.18. The maximum atomic E-state index is 12.7. The van der Waals surface area contributed by atoms with Gasteiger partial charge in [-0.25, -0.2) is 4.39 Å². The number of nitrogens with one attached hydrogen (secondary N) is 1. The van der Waals surface area contributed by atoms with Crippen molar-refractivity contribution in [3.63, 3.8) is 0 Å². The first-order valence-corrected chi connectivity index (χ1v) is 6.51. The maximum Gasteiger partial charge on any atom is 0.123 e. The number of hydrogen-bond donors (Lipinski definition) is 2. The molecule has 100 valence electrons. The van der Waals surface area contributed by atoms with Crippen LogP contribution < -0.4 is 5.32 Å². The molecule has 2 rings (SSSR count). The molecular formula is C14H20FNO2. The molecule has 0 radical (unpaired) electrons. The third kappa shape index (κ3) is 4.05. The molecule has 1 aliphatic rings. The smallest absolute Gasteiger partial charge is 0.123 e. The number of halogens is 1. The molecule has 1 fully saturated rings. The van der Waals surface area contributed by atoms with Crippen LogP contribution in [-0.4, -0.2) is 30.9 Å². The van der Waals surface area contributed by atoms with Gasteiger partial charge in [0.1, 0.15) is 5.82 Å². The number of hydrogen-bond acceptors (Lipinski definition) is 3. The van der Waals surface area contributed by atoms with Gasteiger partial charge >= 0.3 is 0 Å². The molecule has 18 heavy (non-hydrogen) atoms. The zero-order valence-electron chi connectivity index (χ0n) is 10.4. The van der Waals surface area contributed by atoms with Crippen LogP contribution in [0.2, 0.25) is 0 Å². The van der Waals surface area contributed by atoms with Crippen molar-refractivity contribution < 1.29 is 14.2 Å². The molecule has 1 aromatic carbocycles. The Kier molecular flexibility index (Phi) is 5.11. The van der Waals surface area contributed by atoms with E-state index in [0.29, 0.717) is 12.6 Å². The topological polar surface area (TPSA) is 41.5 Å². The van der Waals surface area contributed by atoms with Gasteiger partial charge in [-0.15, -0.1) is 0 Å². The minimum Gasteiger partial charge on any atom is -0.387 e. The zero-order chi connectivity index (χ0) is 12.8. The Labute approximate surface area is 107 Å². The average molecular weight is 253 g/mol. The van der Waals surface area contributed by atoms with Crippen molar-refractivity contribution in [2.24, 2.45) is 0 Å². The lowest BCUT2D eigenvalue weighted by molar-refractivity contribution is 0.102. The van der Waals surface area contributed by atoms with Crippen molar-refractivity contribution in [1.29, 1.82) is 0 Å². The summed E-state index contributed by atoms with van der Waals surface area (Å²) in [6, 6.07) is 5.96. The van der Waals surface area contributed by atoms with Crippen LogP contribution in [0.1, 0.15) is 30.9 Å². The highest BCUT2D eigenvalue weighted by atomic mass is 19.1. The molecule has 1 aromatic rings. The highest BCUT2D eigenvalue weighted by Gasteiger charge is 2.14. The Morgan fingerprint density at radius 1 is 1.39 bits per heavy atom. The molecule has 0 aliphatic carbocycles. The van der Waals surface area contributed by atoms with Gasteiger partial charge in [-0.05, 0) is 43.5 Å². The minimum atomic E-state index is -0.588. The molecule has 0 aromatic heterocycles. The van der Waals surface area contributed by atoms with E-state index in [1.54, 1.807) is 12.1 Å². The van der Waals surface area contributed by atoms with Crippen LogP contribution in [0.15, 0.2) is 24.3 Å². The fourth-order valence-corrected chi connectivity index (χ4v) is 2.18. The third-order valence-corrected chi connectivity index (χ3v) is 3.26. The largest absolute Gasteiger partial charge is 0.387 e. The van der Waals surface area contributed by atoms with Gasteiger partial charge in [-0.1, -0.05) is 12.1 Å². The van der Waals surface area contributed by atoms with Crippen LogP contribution in [0.3, 0.4) is 0 Å². The van der Waals surface area contributed by atoms with Crippen molar-refractivity contribution >= 4 is 0 Å². The maximum absolute atomic E-state index is 12.7. The lowest BCUT2D eigenvalue weighted by atomic mass is 10.1. The molecular weight excluding hydrogens is 233 g/mol. The predicted octanol–water partition coefficient (Wildman–Crippen LogP) is 2.02. The summed E-state index contributed by atoms with van der Waals surface area (Å²) in [6.45, 7) is 2.20. The lowest BCUT2D eigenvalue weighted by Gasteiger charge is -2.14. The van der Waals surface area contributed by atoms with Crippen molar-refractivity contribution in [1.82, 2.24) is 5.32 Å². The number of rotatable bonds is 6. The van der Waals surface area contributed by atoms with Gasteiger partial charge < -0.3 is 15.2 Å². The monoisotopic (exact) mass is 253 g/mol. The van der Waals surface area contributed by atoms with Crippen molar-refractivity contribution in [2.45, 2.75) is 31.5 Å². The summed E-state index contributed by atoms with van der Waals surface area (Å²) in [5.41, 5.74) is 0.737. The Balaban J connectivity index is 1.64. The first kappa shape index (κ1) is 13.5. The van der Waals surface area contributed by atoms with Crippen molar-refractivity contribution in [3.8, 4) is 0 Å². The van der Waals surface area contributed by atoms with Gasteiger partial charge in [0.2, 0.25) is 0 Å². The molecule has 0 spiro atoms. The lowest BCUT2D eigenvalue weighted by Crippen LogP contribution is -2.25. The summed E-state index contributed by atoms with van der Waals surface area (Å²) in [7, 11) is 0. The van der Waals surface area contributed by atoms with Gasteiger partial charge in [0.05, 0.1) is 12.2 Å². The van der Waals surface area contributed by atoms with Crippen LogP contribution in [0, 0.1) is 5.82 Å². The fourth-order valence-electron chi connectivity index (χ4n) is 2.18. The van der Waals surface area contributed by atoms with Crippen LogP contribution in [0.25, 0.3) is 0 Å². The first-order valence-electron chi connectivity index (χ1n) is 6.51. The summed E-state index contributed by atoms with van der Waals surface area (Å²) in [5, 5.41) is 13.1. The van der Waals surface area contributed by atoms with E-state index in [-0.39, 0.29) is 5.82 Å². The minimum absolute atomic E-state index is 0.280. The average Bonchev–Trinajstić information content (AvgIpc) is 2.88. The van der Waals surface area contributed by atoms with E-state index in [9.17, 15) is 9.50 Å². The quantitative estimate of drug-likeness (QED) is 0.762. The highest BCUT2D eigenvalue weighted by Crippen LogP contribution is 2.15.